The summed E-state index contributed by atoms with van der Waals surface area (Å²) >= 11 is 0. The Hall–Kier alpha value is -4.39. The number of imide groups is 1. The molecular formula is C27H22N2O5. The van der Waals surface area contributed by atoms with Crippen molar-refractivity contribution in [3.05, 3.63) is 101 Å². The van der Waals surface area contributed by atoms with E-state index in [2.05, 4.69) is 5.32 Å². The Kier molecular flexibility index (Phi) is 5.37. The molecule has 0 bridgehead atoms. The molecule has 1 N–H and O–H groups in total. The van der Waals surface area contributed by atoms with Crippen LogP contribution in [0, 0.1) is 0 Å². The van der Waals surface area contributed by atoms with E-state index in [9.17, 15) is 14.4 Å². The van der Waals surface area contributed by atoms with E-state index in [1.807, 2.05) is 37.3 Å². The van der Waals surface area contributed by atoms with E-state index in [0.717, 1.165) is 11.0 Å². The molecule has 0 saturated heterocycles. The molecule has 3 aromatic carbocycles. The number of furan rings is 1. The SMILES string of the molecule is COc1ccc(CN2C(=O)c3ccccc3C2=O)cc1C(=O)NC(C)c1cc2ccccc2o1. The molecule has 170 valence electrons. The number of hydrogen-bond acceptors (Lipinski definition) is 5. The highest BCUT2D eigenvalue weighted by Gasteiger charge is 2.35. The van der Waals surface area contributed by atoms with Crippen LogP contribution in [0.2, 0.25) is 0 Å². The number of amides is 3. The summed E-state index contributed by atoms with van der Waals surface area (Å²) in [5, 5.41) is 3.90. The lowest BCUT2D eigenvalue weighted by Gasteiger charge is -2.17. The van der Waals surface area contributed by atoms with Crippen molar-refractivity contribution < 1.29 is 23.5 Å². The van der Waals surface area contributed by atoms with Crippen LogP contribution >= 0.6 is 0 Å². The monoisotopic (exact) mass is 454 g/mol. The van der Waals surface area contributed by atoms with Gasteiger partial charge in [0.2, 0.25) is 0 Å². The summed E-state index contributed by atoms with van der Waals surface area (Å²) in [6.45, 7) is 1.89. The third-order valence-electron chi connectivity index (χ3n) is 5.95. The van der Waals surface area contributed by atoms with Gasteiger partial charge < -0.3 is 14.5 Å². The number of rotatable bonds is 6. The maximum absolute atomic E-state index is 13.1. The van der Waals surface area contributed by atoms with Gasteiger partial charge in [0.15, 0.2) is 0 Å². The number of fused-ring (bicyclic) bond motifs is 2. The number of hydrogen-bond donors (Lipinski definition) is 1. The lowest BCUT2D eigenvalue weighted by molar-refractivity contribution is 0.0642. The molecule has 0 saturated carbocycles. The van der Waals surface area contributed by atoms with Crippen LogP contribution in [-0.4, -0.2) is 29.7 Å². The molecule has 1 atom stereocenters. The summed E-state index contributed by atoms with van der Waals surface area (Å²) < 4.78 is 11.3. The van der Waals surface area contributed by atoms with E-state index in [4.69, 9.17) is 9.15 Å². The van der Waals surface area contributed by atoms with E-state index in [-0.39, 0.29) is 30.3 Å². The van der Waals surface area contributed by atoms with Gasteiger partial charge >= 0.3 is 0 Å². The van der Waals surface area contributed by atoms with E-state index in [1.165, 1.54) is 12.0 Å². The third kappa shape index (κ3) is 3.71. The summed E-state index contributed by atoms with van der Waals surface area (Å²) in [6, 6.07) is 20.9. The van der Waals surface area contributed by atoms with Crippen LogP contribution in [0.5, 0.6) is 5.75 Å². The van der Waals surface area contributed by atoms with Gasteiger partial charge in [-0.2, -0.15) is 0 Å². The minimum atomic E-state index is -0.385. The second-order valence-corrected chi connectivity index (χ2v) is 8.16. The van der Waals surface area contributed by atoms with Crippen molar-refractivity contribution in [3.8, 4) is 5.75 Å². The molecular weight excluding hydrogens is 432 g/mol. The second kappa shape index (κ2) is 8.51. The number of nitrogens with one attached hydrogen (secondary N) is 1. The van der Waals surface area contributed by atoms with Gasteiger partial charge in [0.1, 0.15) is 17.1 Å². The number of carbonyl (C=O) groups excluding carboxylic acids is 3. The van der Waals surface area contributed by atoms with Crippen LogP contribution in [-0.2, 0) is 6.54 Å². The topological polar surface area (TPSA) is 88.8 Å². The Labute approximate surface area is 195 Å². The molecule has 5 rings (SSSR count). The zero-order valence-corrected chi connectivity index (χ0v) is 18.7. The average Bonchev–Trinajstić information content (AvgIpc) is 3.40. The largest absolute Gasteiger partial charge is 0.496 e. The zero-order chi connectivity index (χ0) is 23.8. The van der Waals surface area contributed by atoms with E-state index < -0.39 is 0 Å². The Morgan fingerprint density at radius 3 is 2.32 bits per heavy atom. The normalized spacial score (nSPS) is 13.8. The van der Waals surface area contributed by atoms with Crippen molar-refractivity contribution in [2.24, 2.45) is 0 Å². The average molecular weight is 454 g/mol. The highest BCUT2D eigenvalue weighted by Crippen LogP contribution is 2.28. The first kappa shape index (κ1) is 21.5. The molecule has 7 nitrogen and oxygen atoms in total. The van der Waals surface area contributed by atoms with E-state index in [0.29, 0.717) is 33.8 Å². The molecule has 34 heavy (non-hydrogen) atoms. The van der Waals surface area contributed by atoms with Gasteiger partial charge in [0, 0.05) is 5.39 Å². The molecule has 1 unspecified atom stereocenters. The maximum Gasteiger partial charge on any atom is 0.261 e. The van der Waals surface area contributed by atoms with Crippen molar-refractivity contribution in [2.45, 2.75) is 19.5 Å². The maximum atomic E-state index is 13.1. The lowest BCUT2D eigenvalue weighted by atomic mass is 10.1. The van der Waals surface area contributed by atoms with Crippen molar-refractivity contribution in [2.75, 3.05) is 7.11 Å². The quantitative estimate of drug-likeness (QED) is 0.426. The number of benzene rings is 3. The Bertz CT molecular complexity index is 1370. The molecule has 0 spiro atoms. The summed E-state index contributed by atoms with van der Waals surface area (Å²) in [5.74, 6) is -0.0213. The van der Waals surface area contributed by atoms with Crippen molar-refractivity contribution in [1.29, 1.82) is 0 Å². The van der Waals surface area contributed by atoms with Gasteiger partial charge in [-0.3, -0.25) is 19.3 Å². The Morgan fingerprint density at radius 1 is 0.971 bits per heavy atom. The van der Waals surface area contributed by atoms with Gasteiger partial charge in [-0.05, 0) is 48.9 Å². The molecule has 7 heteroatoms. The summed E-state index contributed by atoms with van der Waals surface area (Å²) in [5.41, 5.74) is 2.47. The van der Waals surface area contributed by atoms with Crippen molar-refractivity contribution in [1.82, 2.24) is 10.2 Å². The predicted molar refractivity (Wildman–Crippen MR) is 126 cm³/mol. The third-order valence-corrected chi connectivity index (χ3v) is 5.95. The fourth-order valence-electron chi connectivity index (χ4n) is 4.16. The van der Waals surface area contributed by atoms with Gasteiger partial charge in [-0.25, -0.2) is 0 Å². The number of carbonyl (C=O) groups is 3. The molecule has 4 aromatic rings. The zero-order valence-electron chi connectivity index (χ0n) is 18.7. The van der Waals surface area contributed by atoms with Crippen molar-refractivity contribution in [3.63, 3.8) is 0 Å². The lowest BCUT2D eigenvalue weighted by Crippen LogP contribution is -2.30. The van der Waals surface area contributed by atoms with Crippen molar-refractivity contribution >= 4 is 28.7 Å². The summed E-state index contributed by atoms with van der Waals surface area (Å²) in [4.78, 5) is 39.8. The molecule has 1 aliphatic heterocycles. The van der Waals surface area contributed by atoms with Crippen LogP contribution in [0.15, 0.2) is 77.2 Å². The van der Waals surface area contributed by atoms with Gasteiger partial charge in [0.05, 0.1) is 36.4 Å². The number of methoxy groups -OCH3 is 1. The van der Waals surface area contributed by atoms with Crippen LogP contribution in [0.4, 0.5) is 0 Å². The van der Waals surface area contributed by atoms with Crippen LogP contribution in [0.1, 0.15) is 55.4 Å². The molecule has 1 aliphatic rings. The van der Waals surface area contributed by atoms with Crippen LogP contribution < -0.4 is 10.1 Å². The van der Waals surface area contributed by atoms with Gasteiger partial charge in [0.25, 0.3) is 17.7 Å². The molecule has 3 amide bonds. The minimum absolute atomic E-state index is 0.0513. The Morgan fingerprint density at radius 2 is 1.65 bits per heavy atom. The van der Waals surface area contributed by atoms with Crippen LogP contribution in [0.25, 0.3) is 11.0 Å². The number of nitrogens with zero attached hydrogens (tertiary/aromatic N) is 1. The first-order valence-electron chi connectivity index (χ1n) is 10.9. The highest BCUT2D eigenvalue weighted by molar-refractivity contribution is 6.21. The first-order chi connectivity index (χ1) is 16.5. The first-order valence-corrected chi connectivity index (χ1v) is 10.9. The smallest absolute Gasteiger partial charge is 0.261 e. The summed E-state index contributed by atoms with van der Waals surface area (Å²) in [7, 11) is 1.48. The second-order valence-electron chi connectivity index (χ2n) is 8.16. The molecule has 0 fully saturated rings. The molecule has 2 heterocycles. The molecule has 0 radical (unpaired) electrons. The highest BCUT2D eigenvalue weighted by atomic mass is 16.5. The Balaban J connectivity index is 1.37. The fraction of sp³-hybridized carbons (Fsp3) is 0.148. The fourth-order valence-corrected chi connectivity index (χ4v) is 4.16. The predicted octanol–water partition coefficient (Wildman–Crippen LogP) is 4.73. The summed E-state index contributed by atoms with van der Waals surface area (Å²) in [6.07, 6.45) is 0. The van der Waals surface area contributed by atoms with Crippen LogP contribution in [0.3, 0.4) is 0 Å². The standard InChI is InChI=1S/C27H22N2O5/c1-16(24-14-18-7-3-6-10-22(18)34-24)28-25(30)21-13-17(11-12-23(21)33-2)15-29-26(31)19-8-4-5-9-20(19)27(29)32/h3-14,16H,15H2,1-2H3,(H,28,30). The molecule has 0 aliphatic carbocycles. The van der Waals surface area contributed by atoms with E-state index >= 15 is 0 Å². The number of para-hydroxylation sites is 1. The van der Waals surface area contributed by atoms with Gasteiger partial charge in [-0.15, -0.1) is 0 Å². The van der Waals surface area contributed by atoms with Gasteiger partial charge in [-0.1, -0.05) is 36.4 Å². The number of ether oxygens (including phenoxy) is 1. The minimum Gasteiger partial charge on any atom is -0.496 e. The molecule has 1 aromatic heterocycles. The van der Waals surface area contributed by atoms with E-state index in [1.54, 1.807) is 42.5 Å².